The molecule has 11 aromatic carbocycles. The lowest BCUT2D eigenvalue weighted by Gasteiger charge is -2.15. The first-order valence-electron chi connectivity index (χ1n) is 22.8. The molecular weight excluding hydrogens is 819 g/mol. The average molecular weight is 860 g/mol. The van der Waals surface area contributed by atoms with E-state index < -0.39 is 0 Å². The zero-order chi connectivity index (χ0) is 43.9. The average Bonchev–Trinajstić information content (AvgIpc) is 3.96. The molecule has 66 heavy (non-hydrogen) atoms. The van der Waals surface area contributed by atoms with Crippen molar-refractivity contribution in [1.82, 2.24) is 14.5 Å². The summed E-state index contributed by atoms with van der Waals surface area (Å²) in [4.78, 5) is 11.1. The van der Waals surface area contributed by atoms with E-state index in [0.717, 1.165) is 44.3 Å². The number of fused-ring (bicyclic) bond motifs is 15. The van der Waals surface area contributed by atoms with Crippen LogP contribution in [0.15, 0.2) is 212 Å². The molecule has 0 saturated heterocycles. The van der Waals surface area contributed by atoms with Crippen LogP contribution in [0.3, 0.4) is 0 Å². The Bertz CT molecular complexity index is 4250. The molecule has 0 spiro atoms. The van der Waals surface area contributed by atoms with Crippen LogP contribution in [0, 0.1) is 0 Å². The van der Waals surface area contributed by atoms with Gasteiger partial charge in [0, 0.05) is 52.8 Å². The predicted octanol–water partition coefficient (Wildman–Crippen LogP) is 17.7. The van der Waals surface area contributed by atoms with Gasteiger partial charge in [-0.3, -0.25) is 4.57 Å². The molecule has 0 amide bonds. The van der Waals surface area contributed by atoms with Crippen LogP contribution in [-0.4, -0.2) is 14.5 Å². The van der Waals surface area contributed by atoms with E-state index in [1.807, 2.05) is 25.2 Å². The molecule has 14 rings (SSSR count). The molecule has 0 N–H and O–H groups in total. The quantitative estimate of drug-likeness (QED) is 0.165. The monoisotopic (exact) mass is 859 g/mol. The highest BCUT2D eigenvalue weighted by molar-refractivity contribution is 7.26. The highest BCUT2D eigenvalue weighted by Crippen LogP contribution is 2.47. The van der Waals surface area contributed by atoms with E-state index in [1.165, 1.54) is 85.2 Å². The van der Waals surface area contributed by atoms with Gasteiger partial charge in [-0.25, -0.2) is 9.97 Å². The molecule has 0 atom stereocenters. The number of nitrogens with zero attached hydrogens (tertiary/aromatic N) is 3. The van der Waals surface area contributed by atoms with E-state index in [-0.39, 0.29) is 0 Å². The number of hydrogen-bond donors (Lipinski definition) is 0. The van der Waals surface area contributed by atoms with E-state index in [4.69, 9.17) is 9.97 Å². The largest absolute Gasteiger partial charge is 0.277 e. The van der Waals surface area contributed by atoms with Crippen LogP contribution in [0.4, 0.5) is 0 Å². The molecule has 3 heterocycles. The van der Waals surface area contributed by atoms with E-state index in [1.54, 1.807) is 0 Å². The number of aromatic nitrogens is 3. The first-order chi connectivity index (χ1) is 32.7. The Morgan fingerprint density at radius 1 is 0.348 bits per heavy atom. The molecule has 4 heteroatoms. The maximum atomic E-state index is 5.65. The fraction of sp³-hybridized carbons (Fsp3) is 0.0323. The van der Waals surface area contributed by atoms with Crippen LogP contribution in [0.5, 0.6) is 0 Å². The van der Waals surface area contributed by atoms with Gasteiger partial charge in [0.15, 0.2) is 0 Å². The lowest BCUT2D eigenvalue weighted by Crippen LogP contribution is -2.04. The molecule has 0 fully saturated rings. The molecule has 0 bridgehead atoms. The van der Waals surface area contributed by atoms with Gasteiger partial charge in [-0.15, -0.1) is 11.3 Å². The first-order valence-corrected chi connectivity index (χ1v) is 23.6. The third-order valence-electron chi connectivity index (χ3n) is 13.4. The van der Waals surface area contributed by atoms with Crippen LogP contribution in [0.2, 0.25) is 0 Å². The minimum atomic E-state index is 0.647. The summed E-state index contributed by atoms with van der Waals surface area (Å²) in [5.74, 6) is 0.647. The van der Waals surface area contributed by atoms with Crippen molar-refractivity contribution < 1.29 is 0 Å². The third-order valence-corrected chi connectivity index (χ3v) is 14.5. The van der Waals surface area contributed by atoms with Gasteiger partial charge in [-0.1, -0.05) is 208 Å². The summed E-state index contributed by atoms with van der Waals surface area (Å²) in [5.41, 5.74) is 9.75. The molecule has 0 aliphatic carbocycles. The van der Waals surface area contributed by atoms with Crippen molar-refractivity contribution in [2.24, 2.45) is 0 Å². The van der Waals surface area contributed by atoms with Crippen molar-refractivity contribution in [3.8, 4) is 39.5 Å². The molecule has 0 radical (unpaired) electrons. The van der Waals surface area contributed by atoms with Gasteiger partial charge in [-0.2, -0.15) is 0 Å². The summed E-state index contributed by atoms with van der Waals surface area (Å²) in [6, 6.07) is 77.2. The normalized spacial score (nSPS) is 11.8. The van der Waals surface area contributed by atoms with Crippen molar-refractivity contribution in [3.05, 3.63) is 212 Å². The maximum Gasteiger partial charge on any atom is 0.235 e. The molecule has 310 valence electrons. The highest BCUT2D eigenvalue weighted by atomic mass is 32.1. The Balaban J connectivity index is 0.00000215. The van der Waals surface area contributed by atoms with Gasteiger partial charge >= 0.3 is 0 Å². The SMILES string of the molecule is CC.c1ccc2c(-c3ccc(-c4nc(-n5c6c(-c7ccc8c(c7)sc7ccc9ccccc9c78)cccc6c6c7ccccc7c7ccccc7c65)nc5ccccc45)cc3)cccc2c1. The zero-order valence-corrected chi connectivity index (χ0v) is 37.3. The molecule has 3 aromatic heterocycles. The van der Waals surface area contributed by atoms with Crippen LogP contribution in [0.1, 0.15) is 13.8 Å². The summed E-state index contributed by atoms with van der Waals surface area (Å²) >= 11 is 1.87. The standard InChI is InChI=1S/C60H35N3S.C2H6/c1-3-16-41-36(13-1)15-11-23-42(41)38-27-29-39(30-28-38)57-49-22-9-10-26-52(49)61-60(62-57)63-58-44(40-31-33-50-54(35-40)64-53-34-32-37-14-2-4-17-43(37)55(50)53)24-12-25-51(58)56-47-20-7-5-18-45(47)46-19-6-8-21-48(46)59(56)63;1-2/h1-35H;1-2H3. The van der Waals surface area contributed by atoms with Crippen molar-refractivity contribution in [2.75, 3.05) is 0 Å². The minimum Gasteiger partial charge on any atom is -0.277 e. The molecule has 14 aromatic rings. The minimum absolute atomic E-state index is 0.647. The fourth-order valence-electron chi connectivity index (χ4n) is 10.5. The summed E-state index contributed by atoms with van der Waals surface area (Å²) in [6.45, 7) is 4.00. The molecule has 0 aliphatic heterocycles. The Morgan fingerprint density at radius 3 is 1.73 bits per heavy atom. The Morgan fingerprint density at radius 2 is 0.924 bits per heavy atom. The van der Waals surface area contributed by atoms with Gasteiger partial charge in [0.1, 0.15) is 0 Å². The number of benzene rings is 11. The van der Waals surface area contributed by atoms with Gasteiger partial charge < -0.3 is 0 Å². The second kappa shape index (κ2) is 15.2. The van der Waals surface area contributed by atoms with Crippen molar-refractivity contribution in [2.45, 2.75) is 13.8 Å². The Kier molecular flexibility index (Phi) is 8.84. The fourth-order valence-corrected chi connectivity index (χ4v) is 11.7. The summed E-state index contributed by atoms with van der Waals surface area (Å²) in [7, 11) is 0. The number of hydrogen-bond acceptors (Lipinski definition) is 3. The van der Waals surface area contributed by atoms with Crippen molar-refractivity contribution in [1.29, 1.82) is 0 Å². The third kappa shape index (κ3) is 5.75. The molecule has 3 nitrogen and oxygen atoms in total. The van der Waals surface area contributed by atoms with Crippen molar-refractivity contribution in [3.63, 3.8) is 0 Å². The molecule has 0 saturated carbocycles. The first kappa shape index (κ1) is 38.3. The zero-order valence-electron chi connectivity index (χ0n) is 36.5. The molecular formula is C62H41N3S. The molecule has 0 aliphatic rings. The summed E-state index contributed by atoms with van der Waals surface area (Å²) < 4.78 is 4.95. The van der Waals surface area contributed by atoms with Gasteiger partial charge in [0.25, 0.3) is 0 Å². The van der Waals surface area contributed by atoms with E-state index in [0.29, 0.717) is 5.95 Å². The predicted molar refractivity (Wildman–Crippen MR) is 284 cm³/mol. The van der Waals surface area contributed by atoms with Crippen LogP contribution in [0.25, 0.3) is 135 Å². The van der Waals surface area contributed by atoms with Crippen molar-refractivity contribution >= 4 is 107 Å². The maximum absolute atomic E-state index is 5.65. The number of thiophene rings is 1. The van der Waals surface area contributed by atoms with E-state index >= 15 is 0 Å². The lowest BCUT2D eigenvalue weighted by molar-refractivity contribution is 1.02. The Labute approximate surface area is 385 Å². The van der Waals surface area contributed by atoms with Crippen LogP contribution >= 0.6 is 11.3 Å². The Hall–Kier alpha value is -8.18. The highest BCUT2D eigenvalue weighted by Gasteiger charge is 2.24. The van der Waals surface area contributed by atoms with Crippen LogP contribution < -0.4 is 0 Å². The summed E-state index contributed by atoms with van der Waals surface area (Å²) in [6.07, 6.45) is 0. The number of rotatable bonds is 4. The topological polar surface area (TPSA) is 30.7 Å². The second-order valence-electron chi connectivity index (χ2n) is 16.8. The van der Waals surface area contributed by atoms with Gasteiger partial charge in [-0.05, 0) is 72.6 Å². The lowest BCUT2D eigenvalue weighted by atomic mass is 9.95. The summed E-state index contributed by atoms with van der Waals surface area (Å²) in [5, 5.41) is 15.9. The van der Waals surface area contributed by atoms with E-state index in [2.05, 4.69) is 217 Å². The second-order valence-corrected chi connectivity index (χ2v) is 17.9. The number of para-hydroxylation sites is 2. The van der Waals surface area contributed by atoms with Crippen LogP contribution in [-0.2, 0) is 0 Å². The van der Waals surface area contributed by atoms with Gasteiger partial charge in [0.05, 0.1) is 22.2 Å². The van der Waals surface area contributed by atoms with Gasteiger partial charge in [0.2, 0.25) is 5.95 Å². The van der Waals surface area contributed by atoms with E-state index in [9.17, 15) is 0 Å². The molecule has 0 unspecified atom stereocenters. The smallest absolute Gasteiger partial charge is 0.235 e.